The van der Waals surface area contributed by atoms with E-state index in [1.54, 1.807) is 0 Å². The van der Waals surface area contributed by atoms with Crippen LogP contribution < -0.4 is 5.56 Å². The SMILES string of the molecule is O=C1CCN(C(=O)c2cc[nH]c(=O)c2)C1. The highest BCUT2D eigenvalue weighted by Gasteiger charge is 2.24. The lowest BCUT2D eigenvalue weighted by molar-refractivity contribution is -0.116. The van der Waals surface area contributed by atoms with Gasteiger partial charge in [0.25, 0.3) is 5.91 Å². The quantitative estimate of drug-likeness (QED) is 0.691. The predicted octanol–water partition coefficient (Wildman–Crippen LogP) is -0.210. The Bertz CT molecular complexity index is 464. The summed E-state index contributed by atoms with van der Waals surface area (Å²) in [6.45, 7) is 0.607. The fraction of sp³-hybridized carbons (Fsp3) is 0.300. The molecule has 15 heavy (non-hydrogen) atoms. The Labute approximate surface area is 85.7 Å². The molecule has 1 N–H and O–H groups in total. The number of aromatic amines is 1. The second-order valence-corrected chi connectivity index (χ2v) is 3.46. The molecule has 0 saturated carbocycles. The average Bonchev–Trinajstić information content (AvgIpc) is 2.64. The van der Waals surface area contributed by atoms with Crippen LogP contribution in [0.15, 0.2) is 23.1 Å². The minimum Gasteiger partial charge on any atom is -0.331 e. The summed E-state index contributed by atoms with van der Waals surface area (Å²) in [7, 11) is 0. The van der Waals surface area contributed by atoms with Gasteiger partial charge < -0.3 is 9.88 Å². The molecule has 1 fully saturated rings. The summed E-state index contributed by atoms with van der Waals surface area (Å²) < 4.78 is 0. The predicted molar refractivity (Wildman–Crippen MR) is 52.6 cm³/mol. The van der Waals surface area contributed by atoms with Crippen molar-refractivity contribution in [1.82, 2.24) is 9.88 Å². The number of hydrogen-bond donors (Lipinski definition) is 1. The van der Waals surface area contributed by atoms with E-state index in [2.05, 4.69) is 4.98 Å². The fourth-order valence-electron chi connectivity index (χ4n) is 1.56. The average molecular weight is 206 g/mol. The smallest absolute Gasteiger partial charge is 0.254 e. The van der Waals surface area contributed by atoms with E-state index in [0.29, 0.717) is 18.5 Å². The topological polar surface area (TPSA) is 70.2 Å². The molecule has 2 heterocycles. The number of H-pyrrole nitrogens is 1. The van der Waals surface area contributed by atoms with E-state index in [0.717, 1.165) is 0 Å². The number of hydrogen-bond acceptors (Lipinski definition) is 3. The standard InChI is InChI=1S/C10H10N2O3/c13-8-2-4-12(6-8)10(15)7-1-3-11-9(14)5-7/h1,3,5H,2,4,6H2,(H,11,14). The molecule has 1 amide bonds. The highest BCUT2D eigenvalue weighted by atomic mass is 16.2. The first-order valence-electron chi connectivity index (χ1n) is 4.66. The van der Waals surface area contributed by atoms with Gasteiger partial charge in [-0.25, -0.2) is 0 Å². The van der Waals surface area contributed by atoms with Crippen molar-refractivity contribution >= 4 is 11.7 Å². The number of amides is 1. The maximum absolute atomic E-state index is 11.8. The first kappa shape index (κ1) is 9.64. The molecule has 0 radical (unpaired) electrons. The molecule has 1 aliphatic rings. The number of aromatic nitrogens is 1. The van der Waals surface area contributed by atoms with Gasteiger partial charge in [0.1, 0.15) is 0 Å². The third-order valence-electron chi connectivity index (χ3n) is 2.34. The third kappa shape index (κ3) is 1.96. The number of nitrogens with one attached hydrogen (secondary N) is 1. The lowest BCUT2D eigenvalue weighted by Crippen LogP contribution is -2.29. The Hall–Kier alpha value is -1.91. The minimum atomic E-state index is -0.314. The molecule has 0 aromatic carbocycles. The van der Waals surface area contributed by atoms with E-state index < -0.39 is 0 Å². The van der Waals surface area contributed by atoms with Gasteiger partial charge in [-0.3, -0.25) is 14.4 Å². The first-order valence-corrected chi connectivity index (χ1v) is 4.66. The molecule has 0 bridgehead atoms. The number of carbonyl (C=O) groups excluding carboxylic acids is 2. The van der Waals surface area contributed by atoms with Crippen molar-refractivity contribution in [3.63, 3.8) is 0 Å². The Kier molecular flexibility index (Phi) is 2.37. The highest BCUT2D eigenvalue weighted by molar-refractivity contribution is 5.98. The van der Waals surface area contributed by atoms with Gasteiger partial charge in [-0.2, -0.15) is 0 Å². The highest BCUT2D eigenvalue weighted by Crippen LogP contribution is 2.08. The monoisotopic (exact) mass is 206 g/mol. The Morgan fingerprint density at radius 1 is 1.40 bits per heavy atom. The Morgan fingerprint density at radius 3 is 2.80 bits per heavy atom. The maximum Gasteiger partial charge on any atom is 0.254 e. The summed E-state index contributed by atoms with van der Waals surface area (Å²) in [4.78, 5) is 37.6. The summed E-state index contributed by atoms with van der Waals surface area (Å²) in [5.41, 5.74) is 0.0137. The van der Waals surface area contributed by atoms with Gasteiger partial charge in [-0.1, -0.05) is 0 Å². The summed E-state index contributed by atoms with van der Waals surface area (Å²) >= 11 is 0. The van der Waals surface area contributed by atoms with Crippen LogP contribution in [0.5, 0.6) is 0 Å². The largest absolute Gasteiger partial charge is 0.331 e. The van der Waals surface area contributed by atoms with Crippen LogP contribution in [0.25, 0.3) is 0 Å². The van der Waals surface area contributed by atoms with E-state index in [1.807, 2.05) is 0 Å². The zero-order valence-electron chi connectivity index (χ0n) is 8.03. The minimum absolute atomic E-state index is 0.0631. The van der Waals surface area contributed by atoms with Gasteiger partial charge in [-0.05, 0) is 6.07 Å². The second-order valence-electron chi connectivity index (χ2n) is 3.46. The zero-order valence-corrected chi connectivity index (χ0v) is 8.03. The van der Waals surface area contributed by atoms with Crippen LogP contribution in [0.4, 0.5) is 0 Å². The van der Waals surface area contributed by atoms with Gasteiger partial charge >= 0.3 is 0 Å². The van der Waals surface area contributed by atoms with Crippen molar-refractivity contribution in [3.05, 3.63) is 34.2 Å². The Balaban J connectivity index is 2.21. The summed E-state index contributed by atoms with van der Waals surface area (Å²) in [5.74, 6) is -0.194. The second kappa shape index (κ2) is 3.68. The van der Waals surface area contributed by atoms with Gasteiger partial charge in [0.05, 0.1) is 6.54 Å². The molecule has 5 heteroatoms. The molecule has 5 nitrogen and oxygen atoms in total. The van der Waals surface area contributed by atoms with Crippen LogP contribution in [-0.4, -0.2) is 34.7 Å². The van der Waals surface area contributed by atoms with E-state index in [9.17, 15) is 14.4 Å². The van der Waals surface area contributed by atoms with Crippen LogP contribution in [0.2, 0.25) is 0 Å². The van der Waals surface area contributed by atoms with Crippen molar-refractivity contribution in [2.45, 2.75) is 6.42 Å². The van der Waals surface area contributed by atoms with E-state index >= 15 is 0 Å². The number of ketones is 1. The summed E-state index contributed by atoms with van der Waals surface area (Å²) in [5, 5.41) is 0. The van der Waals surface area contributed by atoms with Gasteiger partial charge in [0, 0.05) is 30.8 Å². The molecule has 1 saturated heterocycles. The van der Waals surface area contributed by atoms with Crippen molar-refractivity contribution in [2.75, 3.05) is 13.1 Å². The number of rotatable bonds is 1. The molecule has 1 aromatic heterocycles. The molecule has 1 aliphatic heterocycles. The van der Waals surface area contributed by atoms with Crippen molar-refractivity contribution in [1.29, 1.82) is 0 Å². The van der Waals surface area contributed by atoms with Crippen LogP contribution in [0, 0.1) is 0 Å². The van der Waals surface area contributed by atoms with Gasteiger partial charge in [-0.15, -0.1) is 0 Å². The summed E-state index contributed by atoms with van der Waals surface area (Å²) in [6.07, 6.45) is 1.84. The molecule has 0 spiro atoms. The zero-order chi connectivity index (χ0) is 10.8. The van der Waals surface area contributed by atoms with Crippen LogP contribution in [0.3, 0.4) is 0 Å². The molecule has 0 atom stereocenters. The number of pyridine rings is 1. The fourth-order valence-corrected chi connectivity index (χ4v) is 1.56. The van der Waals surface area contributed by atoms with Crippen molar-refractivity contribution in [3.8, 4) is 0 Å². The molecule has 1 aromatic rings. The van der Waals surface area contributed by atoms with Crippen molar-refractivity contribution in [2.24, 2.45) is 0 Å². The number of carbonyl (C=O) groups is 2. The molecule has 0 aliphatic carbocycles. The Morgan fingerprint density at radius 2 is 2.20 bits per heavy atom. The van der Waals surface area contributed by atoms with Gasteiger partial charge in [0.15, 0.2) is 5.78 Å². The van der Waals surface area contributed by atoms with E-state index in [1.165, 1.54) is 23.2 Å². The number of nitrogens with zero attached hydrogens (tertiary/aromatic N) is 1. The molecule has 2 rings (SSSR count). The van der Waals surface area contributed by atoms with E-state index in [4.69, 9.17) is 0 Å². The van der Waals surface area contributed by atoms with Crippen molar-refractivity contribution < 1.29 is 9.59 Å². The lowest BCUT2D eigenvalue weighted by atomic mass is 10.2. The molecule has 78 valence electrons. The lowest BCUT2D eigenvalue weighted by Gasteiger charge is -2.13. The molecule has 0 unspecified atom stereocenters. The van der Waals surface area contributed by atoms with Crippen LogP contribution in [-0.2, 0) is 4.79 Å². The summed E-state index contributed by atoms with van der Waals surface area (Å²) in [6, 6.07) is 2.78. The van der Waals surface area contributed by atoms with Crippen LogP contribution in [0.1, 0.15) is 16.8 Å². The van der Waals surface area contributed by atoms with Crippen LogP contribution >= 0.6 is 0 Å². The molecular weight excluding hydrogens is 196 g/mol. The molecular formula is C10H10N2O3. The van der Waals surface area contributed by atoms with Gasteiger partial charge in [0.2, 0.25) is 5.56 Å². The number of Topliss-reactive ketones (excluding diaryl/α,β-unsaturated/α-hetero) is 1. The maximum atomic E-state index is 11.8. The first-order chi connectivity index (χ1) is 7.16. The number of likely N-dealkylation sites (tertiary alicyclic amines) is 1. The third-order valence-corrected chi connectivity index (χ3v) is 2.34. The van der Waals surface area contributed by atoms with E-state index in [-0.39, 0.29) is 23.8 Å². The normalized spacial score (nSPS) is 15.7.